The third kappa shape index (κ3) is 2.67. The van der Waals surface area contributed by atoms with Gasteiger partial charge in [-0.05, 0) is 13.0 Å². The summed E-state index contributed by atoms with van der Waals surface area (Å²) < 4.78 is 11.4. The number of fused-ring (bicyclic) bond motifs is 1. The lowest BCUT2D eigenvalue weighted by Gasteiger charge is -2.40. The Morgan fingerprint density at radius 2 is 2.05 bits per heavy atom. The largest absolute Gasteiger partial charge is 0.385 e. The molecule has 112 valence electrons. The maximum absolute atomic E-state index is 11.0. The smallest absolute Gasteiger partial charge is 0.110 e. The first-order valence-corrected chi connectivity index (χ1v) is 7.50. The number of hydrogen-bond acceptors (Lipinski definition) is 4. The molecule has 1 unspecified atom stereocenters. The van der Waals surface area contributed by atoms with Crippen molar-refractivity contribution in [2.24, 2.45) is 0 Å². The molecule has 0 radical (unpaired) electrons. The van der Waals surface area contributed by atoms with Crippen molar-refractivity contribution in [1.29, 1.82) is 0 Å². The van der Waals surface area contributed by atoms with Gasteiger partial charge in [0.25, 0.3) is 0 Å². The molecule has 2 heterocycles. The normalized spacial score (nSPS) is 19.5. The van der Waals surface area contributed by atoms with Crippen molar-refractivity contribution in [1.82, 2.24) is 4.98 Å². The Morgan fingerprint density at radius 1 is 1.29 bits per heavy atom. The van der Waals surface area contributed by atoms with Crippen molar-refractivity contribution >= 4 is 10.9 Å². The average molecular weight is 287 g/mol. The number of hydrogen-bond donors (Lipinski definition) is 1. The van der Waals surface area contributed by atoms with Gasteiger partial charge in [0, 0.05) is 49.8 Å². The van der Waals surface area contributed by atoms with E-state index in [2.05, 4.69) is 4.98 Å². The molecule has 4 nitrogen and oxygen atoms in total. The number of ether oxygens (including phenoxy) is 2. The zero-order valence-electron chi connectivity index (χ0n) is 12.3. The van der Waals surface area contributed by atoms with E-state index in [9.17, 15) is 5.11 Å². The quantitative estimate of drug-likeness (QED) is 0.939. The molecule has 0 saturated carbocycles. The molecule has 1 fully saturated rings. The fraction of sp³-hybridized carbons (Fsp3) is 0.471. The summed E-state index contributed by atoms with van der Waals surface area (Å²) in [7, 11) is 0. The number of nitrogens with zero attached hydrogens (tertiary/aromatic N) is 1. The fourth-order valence-electron chi connectivity index (χ4n) is 3.13. The second kappa shape index (κ2) is 6.10. The van der Waals surface area contributed by atoms with Crippen LogP contribution in [0.25, 0.3) is 10.9 Å². The Bertz CT molecular complexity index is 597. The fourth-order valence-corrected chi connectivity index (χ4v) is 3.13. The third-order valence-electron chi connectivity index (χ3n) is 4.23. The van der Waals surface area contributed by atoms with Crippen molar-refractivity contribution in [3.8, 4) is 0 Å². The zero-order chi connectivity index (χ0) is 14.7. The highest BCUT2D eigenvalue weighted by atomic mass is 16.5. The summed E-state index contributed by atoms with van der Waals surface area (Å²) in [4.78, 5) is 4.44. The van der Waals surface area contributed by atoms with Crippen molar-refractivity contribution in [3.05, 3.63) is 42.1 Å². The lowest BCUT2D eigenvalue weighted by atomic mass is 9.83. The van der Waals surface area contributed by atoms with Gasteiger partial charge in [0.15, 0.2) is 0 Å². The van der Waals surface area contributed by atoms with E-state index in [1.54, 1.807) is 6.20 Å². The molecule has 1 aliphatic heterocycles. The molecule has 1 aromatic heterocycles. The van der Waals surface area contributed by atoms with Crippen LogP contribution in [0.5, 0.6) is 0 Å². The standard InChI is InChI=1S/C17H21NO3/c1-2-21-17(8-11-20-12-9-17)16(19)14-7-3-5-13-6-4-10-18-15(13)14/h3-7,10,16,19H,2,8-9,11-12H2,1H3. The predicted octanol–water partition coefficient (Wildman–Crippen LogP) is 2.85. The Balaban J connectivity index is 2.03. The number of benzene rings is 1. The van der Waals surface area contributed by atoms with E-state index < -0.39 is 11.7 Å². The molecule has 1 aromatic carbocycles. The number of aliphatic hydroxyl groups is 1. The monoisotopic (exact) mass is 287 g/mol. The Labute approximate surface area is 124 Å². The van der Waals surface area contributed by atoms with Gasteiger partial charge in [-0.3, -0.25) is 4.98 Å². The number of para-hydroxylation sites is 1. The molecule has 1 N–H and O–H groups in total. The highest BCUT2D eigenvalue weighted by Gasteiger charge is 2.41. The second-order valence-electron chi connectivity index (χ2n) is 5.44. The molecule has 2 aromatic rings. The second-order valence-corrected chi connectivity index (χ2v) is 5.44. The molecule has 1 aliphatic rings. The number of pyridine rings is 1. The van der Waals surface area contributed by atoms with Crippen LogP contribution in [0.4, 0.5) is 0 Å². The van der Waals surface area contributed by atoms with Crippen LogP contribution in [-0.4, -0.2) is 35.5 Å². The summed E-state index contributed by atoms with van der Waals surface area (Å²) in [5, 5.41) is 12.0. The number of aliphatic hydroxyl groups excluding tert-OH is 1. The van der Waals surface area contributed by atoms with Crippen molar-refractivity contribution in [2.45, 2.75) is 31.5 Å². The van der Waals surface area contributed by atoms with Gasteiger partial charge >= 0.3 is 0 Å². The van der Waals surface area contributed by atoms with E-state index in [1.807, 2.05) is 37.3 Å². The van der Waals surface area contributed by atoms with Crippen LogP contribution in [0.15, 0.2) is 36.5 Å². The van der Waals surface area contributed by atoms with Gasteiger partial charge in [-0.2, -0.15) is 0 Å². The summed E-state index contributed by atoms with van der Waals surface area (Å²) >= 11 is 0. The lowest BCUT2D eigenvalue weighted by molar-refractivity contribution is -0.167. The summed E-state index contributed by atoms with van der Waals surface area (Å²) in [5.74, 6) is 0. The number of aromatic nitrogens is 1. The Kier molecular flexibility index (Phi) is 4.19. The topological polar surface area (TPSA) is 51.6 Å². The average Bonchev–Trinajstić information content (AvgIpc) is 2.55. The molecule has 3 rings (SSSR count). The minimum Gasteiger partial charge on any atom is -0.385 e. The molecule has 1 atom stereocenters. The van der Waals surface area contributed by atoms with Crippen molar-refractivity contribution in [2.75, 3.05) is 19.8 Å². The maximum Gasteiger partial charge on any atom is 0.110 e. The predicted molar refractivity (Wildman–Crippen MR) is 81.1 cm³/mol. The summed E-state index contributed by atoms with van der Waals surface area (Å²) in [6.45, 7) is 3.78. The van der Waals surface area contributed by atoms with Gasteiger partial charge in [0.2, 0.25) is 0 Å². The molecule has 1 saturated heterocycles. The lowest BCUT2D eigenvalue weighted by Crippen LogP contribution is -2.44. The highest BCUT2D eigenvalue weighted by molar-refractivity contribution is 5.82. The van der Waals surface area contributed by atoms with Gasteiger partial charge in [-0.1, -0.05) is 24.3 Å². The first kappa shape index (κ1) is 14.4. The molecule has 0 amide bonds. The van der Waals surface area contributed by atoms with E-state index in [0.717, 1.165) is 16.5 Å². The van der Waals surface area contributed by atoms with Crippen molar-refractivity contribution in [3.63, 3.8) is 0 Å². The Morgan fingerprint density at radius 3 is 2.81 bits per heavy atom. The van der Waals surface area contributed by atoms with E-state index in [-0.39, 0.29) is 0 Å². The van der Waals surface area contributed by atoms with E-state index in [4.69, 9.17) is 9.47 Å². The first-order valence-electron chi connectivity index (χ1n) is 7.50. The molecule has 0 bridgehead atoms. The van der Waals surface area contributed by atoms with E-state index >= 15 is 0 Å². The van der Waals surface area contributed by atoms with Crippen LogP contribution in [-0.2, 0) is 9.47 Å². The van der Waals surface area contributed by atoms with Crippen molar-refractivity contribution < 1.29 is 14.6 Å². The molecule has 4 heteroatoms. The summed E-state index contributed by atoms with van der Waals surface area (Å²) in [6, 6.07) is 9.83. The molecule has 0 spiro atoms. The minimum absolute atomic E-state index is 0.571. The number of rotatable bonds is 4. The van der Waals surface area contributed by atoms with Gasteiger partial charge in [0.1, 0.15) is 11.7 Å². The molecular formula is C17H21NO3. The first-order chi connectivity index (χ1) is 10.3. The SMILES string of the molecule is CCOC1(C(O)c2cccc3cccnc23)CCOCC1. The molecular weight excluding hydrogens is 266 g/mol. The van der Waals surface area contributed by atoms with Crippen LogP contribution < -0.4 is 0 Å². The molecule has 0 aliphatic carbocycles. The van der Waals surface area contributed by atoms with Crippen LogP contribution in [0.3, 0.4) is 0 Å². The summed E-state index contributed by atoms with van der Waals surface area (Å²) in [5.41, 5.74) is 1.11. The highest BCUT2D eigenvalue weighted by Crippen LogP contribution is 2.39. The van der Waals surface area contributed by atoms with E-state index in [0.29, 0.717) is 32.7 Å². The van der Waals surface area contributed by atoms with Gasteiger partial charge in [-0.15, -0.1) is 0 Å². The Hall–Kier alpha value is -1.49. The van der Waals surface area contributed by atoms with Gasteiger partial charge in [-0.25, -0.2) is 0 Å². The van der Waals surface area contributed by atoms with Crippen LogP contribution >= 0.6 is 0 Å². The minimum atomic E-state index is -0.694. The molecule has 21 heavy (non-hydrogen) atoms. The summed E-state index contributed by atoms with van der Waals surface area (Å²) in [6.07, 6.45) is 2.46. The maximum atomic E-state index is 11.0. The zero-order valence-corrected chi connectivity index (χ0v) is 12.3. The van der Waals surface area contributed by atoms with Gasteiger partial charge < -0.3 is 14.6 Å². The van der Waals surface area contributed by atoms with Crippen LogP contribution in [0, 0.1) is 0 Å². The van der Waals surface area contributed by atoms with Crippen LogP contribution in [0.1, 0.15) is 31.4 Å². The third-order valence-corrected chi connectivity index (χ3v) is 4.23. The van der Waals surface area contributed by atoms with Crippen LogP contribution in [0.2, 0.25) is 0 Å². The van der Waals surface area contributed by atoms with E-state index in [1.165, 1.54) is 0 Å². The van der Waals surface area contributed by atoms with Gasteiger partial charge in [0.05, 0.1) is 5.52 Å².